The highest BCUT2D eigenvalue weighted by Crippen LogP contribution is 2.50. The Morgan fingerprint density at radius 2 is 2.06 bits per heavy atom. The fourth-order valence-electron chi connectivity index (χ4n) is 2.92. The van der Waals surface area contributed by atoms with Gasteiger partial charge in [-0.2, -0.15) is 0 Å². The van der Waals surface area contributed by atoms with Crippen molar-refractivity contribution in [1.82, 2.24) is 0 Å². The molecule has 1 aliphatic carbocycles. The van der Waals surface area contributed by atoms with Crippen LogP contribution in [0.15, 0.2) is 10.5 Å². The minimum absolute atomic E-state index is 0.702. The van der Waals surface area contributed by atoms with Crippen molar-refractivity contribution in [3.63, 3.8) is 0 Å². The van der Waals surface area contributed by atoms with Crippen LogP contribution in [-0.4, -0.2) is 18.2 Å². The maximum Gasteiger partial charge on any atom is 0.314 e. The van der Waals surface area contributed by atoms with Gasteiger partial charge < -0.3 is 9.84 Å². The van der Waals surface area contributed by atoms with E-state index in [-0.39, 0.29) is 0 Å². The molecular formula is C14H17BrO3. The van der Waals surface area contributed by atoms with E-state index in [0.717, 1.165) is 33.3 Å². The molecule has 18 heavy (non-hydrogen) atoms. The smallest absolute Gasteiger partial charge is 0.314 e. The molecule has 0 aliphatic heterocycles. The number of aliphatic carboxylic acids is 1. The van der Waals surface area contributed by atoms with Crippen LogP contribution in [0.1, 0.15) is 36.0 Å². The summed E-state index contributed by atoms with van der Waals surface area (Å²) in [5, 5.41) is 9.56. The van der Waals surface area contributed by atoms with Gasteiger partial charge in [-0.15, -0.1) is 0 Å². The molecule has 0 radical (unpaired) electrons. The third kappa shape index (κ3) is 1.74. The molecule has 0 heterocycles. The van der Waals surface area contributed by atoms with Crippen LogP contribution in [0.25, 0.3) is 0 Å². The second-order valence-corrected chi connectivity index (χ2v) is 5.80. The Morgan fingerprint density at radius 1 is 1.44 bits per heavy atom. The molecule has 0 amide bonds. The van der Waals surface area contributed by atoms with E-state index in [9.17, 15) is 9.90 Å². The average molecular weight is 313 g/mol. The molecule has 0 atom stereocenters. The lowest BCUT2D eigenvalue weighted by atomic mass is 9.63. The highest BCUT2D eigenvalue weighted by Gasteiger charge is 2.48. The van der Waals surface area contributed by atoms with Crippen molar-refractivity contribution >= 4 is 21.9 Å². The van der Waals surface area contributed by atoms with Crippen molar-refractivity contribution in [1.29, 1.82) is 0 Å². The number of carboxylic acid groups (broad SMARTS) is 1. The van der Waals surface area contributed by atoms with E-state index in [1.165, 1.54) is 0 Å². The van der Waals surface area contributed by atoms with Gasteiger partial charge in [-0.1, -0.05) is 22.4 Å². The van der Waals surface area contributed by atoms with Gasteiger partial charge in [0, 0.05) is 4.47 Å². The number of aryl methyl sites for hydroxylation is 1. The average Bonchev–Trinajstić information content (AvgIpc) is 2.20. The van der Waals surface area contributed by atoms with Gasteiger partial charge in [0.25, 0.3) is 0 Å². The molecule has 4 heteroatoms. The molecular weight excluding hydrogens is 296 g/mol. The van der Waals surface area contributed by atoms with Crippen LogP contribution < -0.4 is 4.74 Å². The maximum atomic E-state index is 11.6. The number of hydrogen-bond donors (Lipinski definition) is 1. The van der Waals surface area contributed by atoms with Gasteiger partial charge in [-0.05, 0) is 49.4 Å². The summed E-state index contributed by atoms with van der Waals surface area (Å²) in [6.45, 7) is 3.91. The highest BCUT2D eigenvalue weighted by atomic mass is 79.9. The van der Waals surface area contributed by atoms with Gasteiger partial charge in [0.1, 0.15) is 5.75 Å². The Balaban J connectivity index is 2.67. The zero-order valence-electron chi connectivity index (χ0n) is 10.8. The largest absolute Gasteiger partial charge is 0.496 e. The van der Waals surface area contributed by atoms with Crippen LogP contribution in [-0.2, 0) is 10.2 Å². The van der Waals surface area contributed by atoms with Crippen molar-refractivity contribution in [3.8, 4) is 5.75 Å². The molecule has 0 bridgehead atoms. The predicted molar refractivity (Wildman–Crippen MR) is 73.3 cm³/mol. The minimum Gasteiger partial charge on any atom is -0.496 e. The lowest BCUT2D eigenvalue weighted by Gasteiger charge is -2.40. The summed E-state index contributed by atoms with van der Waals surface area (Å²) in [5.41, 5.74) is 2.10. The molecule has 1 N–H and O–H groups in total. The second-order valence-electron chi connectivity index (χ2n) is 4.95. The molecule has 1 aliphatic rings. The molecule has 1 aromatic rings. The number of carbonyl (C=O) groups is 1. The van der Waals surface area contributed by atoms with Crippen LogP contribution in [0.5, 0.6) is 5.75 Å². The summed E-state index contributed by atoms with van der Waals surface area (Å²) >= 11 is 3.52. The Morgan fingerprint density at radius 3 is 2.44 bits per heavy atom. The van der Waals surface area contributed by atoms with E-state index in [2.05, 4.69) is 15.9 Å². The fourth-order valence-corrected chi connectivity index (χ4v) is 3.94. The number of benzene rings is 1. The van der Waals surface area contributed by atoms with Gasteiger partial charge in [-0.3, -0.25) is 4.79 Å². The minimum atomic E-state index is -0.733. The van der Waals surface area contributed by atoms with Crippen molar-refractivity contribution in [3.05, 3.63) is 27.2 Å². The Labute approximate surface area is 115 Å². The van der Waals surface area contributed by atoms with Gasteiger partial charge in [0.05, 0.1) is 12.5 Å². The quantitative estimate of drug-likeness (QED) is 0.928. The third-order valence-corrected chi connectivity index (χ3v) is 4.58. The van der Waals surface area contributed by atoms with Crippen molar-refractivity contribution in [2.45, 2.75) is 38.5 Å². The number of rotatable bonds is 3. The maximum absolute atomic E-state index is 11.6. The Bertz CT molecular complexity index is 504. The number of hydrogen-bond acceptors (Lipinski definition) is 2. The molecule has 0 saturated heterocycles. The molecule has 1 saturated carbocycles. The van der Waals surface area contributed by atoms with E-state index in [1.807, 2.05) is 19.9 Å². The topological polar surface area (TPSA) is 46.5 Å². The number of carboxylic acids is 1. The van der Waals surface area contributed by atoms with E-state index in [0.29, 0.717) is 12.8 Å². The van der Waals surface area contributed by atoms with E-state index < -0.39 is 11.4 Å². The number of halogens is 1. The first-order valence-corrected chi connectivity index (χ1v) is 6.81. The van der Waals surface area contributed by atoms with Gasteiger partial charge in [-0.25, -0.2) is 0 Å². The Hall–Kier alpha value is -1.03. The number of methoxy groups -OCH3 is 1. The van der Waals surface area contributed by atoms with E-state index in [1.54, 1.807) is 7.11 Å². The highest BCUT2D eigenvalue weighted by molar-refractivity contribution is 9.10. The molecule has 98 valence electrons. The first-order chi connectivity index (χ1) is 8.44. The monoisotopic (exact) mass is 312 g/mol. The first-order valence-electron chi connectivity index (χ1n) is 6.01. The van der Waals surface area contributed by atoms with E-state index in [4.69, 9.17) is 4.74 Å². The Kier molecular flexibility index (Phi) is 3.41. The lowest BCUT2D eigenvalue weighted by Crippen LogP contribution is -2.43. The number of ether oxygens (including phenoxy) is 1. The van der Waals surface area contributed by atoms with Crippen LogP contribution in [0.2, 0.25) is 0 Å². The zero-order chi connectivity index (χ0) is 13.5. The van der Waals surface area contributed by atoms with Crippen LogP contribution in [0.4, 0.5) is 0 Å². The molecule has 2 rings (SSSR count). The fraction of sp³-hybridized carbons (Fsp3) is 0.500. The van der Waals surface area contributed by atoms with Crippen molar-refractivity contribution in [2.75, 3.05) is 7.11 Å². The van der Waals surface area contributed by atoms with Crippen molar-refractivity contribution in [2.24, 2.45) is 0 Å². The summed E-state index contributed by atoms with van der Waals surface area (Å²) in [5.74, 6) is 0.0594. The lowest BCUT2D eigenvalue weighted by molar-refractivity contribution is -0.147. The molecule has 3 nitrogen and oxygen atoms in total. The van der Waals surface area contributed by atoms with E-state index >= 15 is 0 Å². The van der Waals surface area contributed by atoms with Crippen LogP contribution >= 0.6 is 15.9 Å². The van der Waals surface area contributed by atoms with Gasteiger partial charge >= 0.3 is 5.97 Å². The molecule has 1 aromatic carbocycles. The molecule has 0 unspecified atom stereocenters. The zero-order valence-corrected chi connectivity index (χ0v) is 12.4. The van der Waals surface area contributed by atoms with Crippen molar-refractivity contribution < 1.29 is 14.6 Å². The van der Waals surface area contributed by atoms with Crippen LogP contribution in [0.3, 0.4) is 0 Å². The summed E-state index contributed by atoms with van der Waals surface area (Å²) in [6, 6.07) is 1.95. The molecule has 1 fully saturated rings. The normalized spacial score (nSPS) is 17.1. The summed E-state index contributed by atoms with van der Waals surface area (Å²) in [6.07, 6.45) is 2.37. The molecule has 0 spiro atoms. The standard InChI is InChI=1S/C14H17BrO3/c1-8-7-10(15)11(9(2)12(8)18-3)14(13(16)17)5-4-6-14/h7H,4-6H2,1-3H3,(H,16,17). The predicted octanol–water partition coefficient (Wildman–Crippen LogP) is 3.58. The summed E-state index contributed by atoms with van der Waals surface area (Å²) in [4.78, 5) is 11.6. The third-order valence-electron chi connectivity index (χ3n) is 3.95. The van der Waals surface area contributed by atoms with Gasteiger partial charge in [0.2, 0.25) is 0 Å². The summed E-state index contributed by atoms with van der Waals surface area (Å²) < 4.78 is 6.28. The molecule has 0 aromatic heterocycles. The van der Waals surface area contributed by atoms with Crippen LogP contribution in [0, 0.1) is 13.8 Å². The first kappa shape index (κ1) is 13.4. The SMILES string of the molecule is COc1c(C)cc(Br)c(C2(C(=O)O)CCC2)c1C. The second kappa shape index (κ2) is 4.57. The van der Waals surface area contributed by atoms with Gasteiger partial charge in [0.15, 0.2) is 0 Å². The summed E-state index contributed by atoms with van der Waals surface area (Å²) in [7, 11) is 1.63.